The SMILES string of the molecule is CC(C)C[C@H](NC(=O)[C@@H](NC(=O)[C@H](CCC(=O)O)NC(=O)[C@@H](N)CS)C(C)C)C(=O)N[C@@H](CO)C(=O)N[C@@H](CC(=O)O)C(=O)N[C@@H](Cc1ccccc1)C(=O)N[C@@H](CCCCN)C(N)=O. The van der Waals surface area contributed by atoms with Gasteiger partial charge in [-0.2, -0.15) is 12.6 Å². The van der Waals surface area contributed by atoms with Crippen molar-refractivity contribution in [3.63, 3.8) is 0 Å². The summed E-state index contributed by atoms with van der Waals surface area (Å²) < 4.78 is 0. The molecule has 0 bridgehead atoms. The van der Waals surface area contributed by atoms with Gasteiger partial charge in [-0.25, -0.2) is 0 Å². The molecule has 0 saturated heterocycles. The molecule has 0 heterocycles. The minimum Gasteiger partial charge on any atom is -0.481 e. The van der Waals surface area contributed by atoms with Crippen molar-refractivity contribution < 1.29 is 63.3 Å². The number of carbonyl (C=O) groups excluding carboxylic acids is 8. The van der Waals surface area contributed by atoms with Gasteiger partial charge in [0.05, 0.1) is 19.1 Å². The molecule has 8 amide bonds. The third-order valence-corrected chi connectivity index (χ3v) is 10.1. The first kappa shape index (κ1) is 57.2. The normalized spacial score (nSPS) is 14.8. The predicted octanol–water partition coefficient (Wildman–Crippen LogP) is -3.47. The monoisotopic (exact) mass is 938 g/mol. The number of amides is 8. The molecule has 0 saturated carbocycles. The highest BCUT2D eigenvalue weighted by molar-refractivity contribution is 7.80. The Morgan fingerprint density at radius 1 is 0.615 bits per heavy atom. The summed E-state index contributed by atoms with van der Waals surface area (Å²) in [7, 11) is 0. The number of hydrogen-bond acceptors (Lipinski definition) is 14. The minimum atomic E-state index is -1.87. The molecule has 1 aromatic rings. The van der Waals surface area contributed by atoms with Gasteiger partial charge in [-0.15, -0.1) is 0 Å². The van der Waals surface area contributed by atoms with Crippen molar-refractivity contribution in [1.82, 2.24) is 37.2 Å². The smallest absolute Gasteiger partial charge is 0.305 e. The van der Waals surface area contributed by atoms with Crippen LogP contribution in [-0.2, 0) is 54.4 Å². The molecule has 65 heavy (non-hydrogen) atoms. The van der Waals surface area contributed by atoms with Crippen LogP contribution in [0.15, 0.2) is 30.3 Å². The number of carbonyl (C=O) groups is 10. The Balaban J connectivity index is 3.32. The number of primary amides is 1. The molecule has 0 spiro atoms. The van der Waals surface area contributed by atoms with Gasteiger partial charge in [-0.3, -0.25) is 47.9 Å². The fourth-order valence-electron chi connectivity index (χ4n) is 6.16. The van der Waals surface area contributed by atoms with Crippen LogP contribution in [0.4, 0.5) is 0 Å². The van der Waals surface area contributed by atoms with Crippen LogP contribution < -0.4 is 54.4 Å². The zero-order valence-corrected chi connectivity index (χ0v) is 37.9. The van der Waals surface area contributed by atoms with Gasteiger partial charge in [-0.05, 0) is 56.0 Å². The summed E-state index contributed by atoms with van der Waals surface area (Å²) in [6, 6.07) is -3.12. The molecule has 0 aliphatic carbocycles. The van der Waals surface area contributed by atoms with E-state index in [2.05, 4.69) is 49.8 Å². The standard InChI is InChI=1S/C41H66N10O13S/c1-21(2)16-27(49-41(64)33(22(3)4)51-36(59)26(13-14-31(53)54)46-35(58)24(43)20-65)37(60)50-30(19-52)40(63)48-29(18-32(55)56)39(62)47-28(17-23-10-6-5-7-11-23)38(61)45-25(34(44)57)12-8-9-15-42/h5-7,10-11,21-22,24-30,33,52,65H,8-9,12-20,42-43H2,1-4H3,(H2,44,57)(H,45,61)(H,46,58)(H,47,62)(H,48,63)(H,49,64)(H,50,60)(H,51,59)(H,53,54)(H,55,56)/t24-,25-,26-,27-,28-,29-,30-,33-/m0/s1. The first-order chi connectivity index (χ1) is 30.5. The first-order valence-electron chi connectivity index (χ1n) is 21.1. The van der Waals surface area contributed by atoms with Crippen molar-refractivity contribution in [3.05, 3.63) is 35.9 Å². The molecule has 364 valence electrons. The number of aliphatic carboxylic acids is 2. The van der Waals surface area contributed by atoms with Gasteiger partial charge in [0.15, 0.2) is 0 Å². The number of rotatable bonds is 31. The van der Waals surface area contributed by atoms with E-state index < -0.39 is 133 Å². The number of carboxylic acid groups (broad SMARTS) is 2. The molecule has 16 N–H and O–H groups in total. The van der Waals surface area contributed by atoms with Gasteiger partial charge in [0, 0.05) is 18.6 Å². The summed E-state index contributed by atoms with van der Waals surface area (Å²) in [5, 5.41) is 45.9. The van der Waals surface area contributed by atoms with E-state index in [0.717, 1.165) is 0 Å². The van der Waals surface area contributed by atoms with Crippen LogP contribution in [0, 0.1) is 11.8 Å². The molecule has 0 aliphatic heterocycles. The Kier molecular flexibility index (Phi) is 26.0. The van der Waals surface area contributed by atoms with Gasteiger partial charge in [0.25, 0.3) is 0 Å². The molecule has 0 aliphatic rings. The van der Waals surface area contributed by atoms with E-state index in [9.17, 15) is 63.3 Å². The number of thiol groups is 1. The minimum absolute atomic E-state index is 0.0342. The van der Waals surface area contributed by atoms with Gasteiger partial charge >= 0.3 is 11.9 Å². The lowest BCUT2D eigenvalue weighted by Crippen LogP contribution is -2.61. The first-order valence-corrected chi connectivity index (χ1v) is 21.7. The maximum Gasteiger partial charge on any atom is 0.305 e. The molecule has 0 unspecified atom stereocenters. The lowest BCUT2D eigenvalue weighted by molar-refractivity contribution is -0.142. The zero-order valence-electron chi connectivity index (χ0n) is 37.0. The third kappa shape index (κ3) is 21.6. The third-order valence-electron chi connectivity index (χ3n) is 9.75. The average molecular weight is 939 g/mol. The fraction of sp³-hybridized carbons (Fsp3) is 0.610. The van der Waals surface area contributed by atoms with Crippen molar-refractivity contribution in [2.45, 2.75) is 127 Å². The van der Waals surface area contributed by atoms with Gasteiger partial charge in [0.1, 0.15) is 42.3 Å². The number of aliphatic hydroxyl groups excluding tert-OH is 1. The highest BCUT2D eigenvalue weighted by atomic mass is 32.1. The van der Waals surface area contributed by atoms with Crippen molar-refractivity contribution in [2.75, 3.05) is 18.9 Å². The lowest BCUT2D eigenvalue weighted by atomic mass is 9.99. The molecule has 8 atom stereocenters. The largest absolute Gasteiger partial charge is 0.481 e. The summed E-state index contributed by atoms with van der Waals surface area (Å²) in [5.74, 6) is -11.4. The van der Waals surface area contributed by atoms with E-state index in [1.165, 1.54) is 0 Å². The molecule has 1 aromatic carbocycles. The highest BCUT2D eigenvalue weighted by Crippen LogP contribution is 2.11. The Hall–Kier alpha value is -5.85. The molecule has 1 rings (SSSR count). The topological polar surface area (TPSA) is 394 Å². The number of carboxylic acids is 2. The average Bonchev–Trinajstić information content (AvgIpc) is 3.23. The van der Waals surface area contributed by atoms with E-state index in [1.807, 2.05) is 0 Å². The van der Waals surface area contributed by atoms with E-state index in [0.29, 0.717) is 24.9 Å². The quantitative estimate of drug-likeness (QED) is 0.0254. The predicted molar refractivity (Wildman–Crippen MR) is 238 cm³/mol. The maximum absolute atomic E-state index is 13.7. The summed E-state index contributed by atoms with van der Waals surface area (Å²) in [6.07, 6.45) is -0.914. The van der Waals surface area contributed by atoms with Crippen LogP contribution >= 0.6 is 12.6 Å². The van der Waals surface area contributed by atoms with Crippen molar-refractivity contribution in [1.29, 1.82) is 0 Å². The summed E-state index contributed by atoms with van der Waals surface area (Å²) in [6.45, 7) is 5.83. The van der Waals surface area contributed by atoms with Crippen LogP contribution in [0.5, 0.6) is 0 Å². The van der Waals surface area contributed by atoms with E-state index in [4.69, 9.17) is 17.2 Å². The molecular formula is C41H66N10O13S. The number of unbranched alkanes of at least 4 members (excludes halogenated alkanes) is 1. The van der Waals surface area contributed by atoms with Crippen LogP contribution in [0.25, 0.3) is 0 Å². The van der Waals surface area contributed by atoms with Gasteiger partial charge in [0.2, 0.25) is 47.3 Å². The van der Waals surface area contributed by atoms with Gasteiger partial charge in [-0.1, -0.05) is 58.0 Å². The molecule has 0 radical (unpaired) electrons. The fourth-order valence-corrected chi connectivity index (χ4v) is 6.32. The Morgan fingerprint density at radius 2 is 1.12 bits per heavy atom. The van der Waals surface area contributed by atoms with Crippen LogP contribution in [0.2, 0.25) is 0 Å². The Labute approximate surface area is 382 Å². The van der Waals surface area contributed by atoms with Crippen LogP contribution in [-0.4, -0.2) is 142 Å². The molecule has 23 nitrogen and oxygen atoms in total. The van der Waals surface area contributed by atoms with E-state index in [-0.39, 0.29) is 37.4 Å². The number of nitrogens with two attached hydrogens (primary N) is 3. The van der Waals surface area contributed by atoms with Crippen molar-refractivity contribution >= 4 is 71.8 Å². The number of benzene rings is 1. The second kappa shape index (κ2) is 29.6. The number of nitrogens with one attached hydrogen (secondary N) is 7. The van der Waals surface area contributed by atoms with E-state index in [1.54, 1.807) is 58.0 Å². The molecular weight excluding hydrogens is 873 g/mol. The number of hydrogen-bond donors (Lipinski definition) is 14. The molecule has 24 heteroatoms. The maximum atomic E-state index is 13.7. The molecule has 0 aromatic heterocycles. The van der Waals surface area contributed by atoms with Crippen LogP contribution in [0.1, 0.15) is 78.2 Å². The highest BCUT2D eigenvalue weighted by Gasteiger charge is 2.36. The second-order valence-corrected chi connectivity index (χ2v) is 16.5. The summed E-state index contributed by atoms with van der Waals surface area (Å²) in [5.41, 5.74) is 17.3. The van der Waals surface area contributed by atoms with E-state index >= 15 is 0 Å². The lowest BCUT2D eigenvalue weighted by Gasteiger charge is -2.29. The second-order valence-electron chi connectivity index (χ2n) is 16.1. The number of aliphatic hydroxyl groups is 1. The Bertz CT molecular complexity index is 1790. The molecule has 0 fully saturated rings. The Morgan fingerprint density at radius 3 is 1.65 bits per heavy atom. The van der Waals surface area contributed by atoms with Crippen molar-refractivity contribution in [2.24, 2.45) is 29.0 Å². The summed E-state index contributed by atoms with van der Waals surface area (Å²) in [4.78, 5) is 129. The summed E-state index contributed by atoms with van der Waals surface area (Å²) >= 11 is 3.95. The van der Waals surface area contributed by atoms with Gasteiger partial charge < -0.3 is 69.7 Å². The van der Waals surface area contributed by atoms with Crippen molar-refractivity contribution in [3.8, 4) is 0 Å². The van der Waals surface area contributed by atoms with Crippen LogP contribution in [0.3, 0.4) is 0 Å². The zero-order chi connectivity index (χ0) is 49.4.